The van der Waals surface area contributed by atoms with Gasteiger partial charge in [-0.25, -0.2) is 4.98 Å². The molecule has 0 saturated heterocycles. The van der Waals surface area contributed by atoms with Crippen LogP contribution in [-0.2, 0) is 0 Å². The van der Waals surface area contributed by atoms with Crippen LogP contribution in [-0.4, -0.2) is 17.4 Å². The number of ether oxygens (including phenoxy) is 1. The van der Waals surface area contributed by atoms with Crippen molar-refractivity contribution in [3.8, 4) is 11.6 Å². The zero-order chi connectivity index (χ0) is 15.9. The first-order chi connectivity index (χ1) is 10.6. The summed E-state index contributed by atoms with van der Waals surface area (Å²) >= 11 is 5.70. The van der Waals surface area contributed by atoms with Crippen molar-refractivity contribution < 1.29 is 4.74 Å². The van der Waals surface area contributed by atoms with E-state index in [1.54, 1.807) is 0 Å². The van der Waals surface area contributed by atoms with Gasteiger partial charge in [0.05, 0.1) is 5.69 Å². The topological polar surface area (TPSA) is 60.2 Å². The molecular weight excluding hydrogens is 298 g/mol. The van der Waals surface area contributed by atoms with E-state index < -0.39 is 0 Å². The Morgan fingerprint density at radius 3 is 2.59 bits per heavy atom. The third-order valence-corrected chi connectivity index (χ3v) is 3.77. The Labute approximate surface area is 136 Å². The van der Waals surface area contributed by atoms with Crippen LogP contribution in [0.1, 0.15) is 24.1 Å². The van der Waals surface area contributed by atoms with E-state index in [4.69, 9.17) is 22.1 Å². The van der Waals surface area contributed by atoms with Gasteiger partial charge in [-0.1, -0.05) is 18.2 Å². The molecule has 0 fully saturated rings. The number of nitrogens with zero attached hydrogens (tertiary/aromatic N) is 1. The van der Waals surface area contributed by atoms with E-state index in [0.717, 1.165) is 42.1 Å². The highest BCUT2D eigenvalue weighted by Gasteiger charge is 2.14. The smallest absolute Gasteiger partial charge is 0.245 e. The minimum atomic E-state index is 0.439. The van der Waals surface area contributed by atoms with Gasteiger partial charge in [0.2, 0.25) is 5.88 Å². The summed E-state index contributed by atoms with van der Waals surface area (Å²) in [6.07, 6.45) is 1.98. The van der Waals surface area contributed by atoms with Crippen molar-refractivity contribution in [1.29, 1.82) is 0 Å². The van der Waals surface area contributed by atoms with E-state index in [1.807, 2.05) is 44.2 Å². The third kappa shape index (κ3) is 4.04. The van der Waals surface area contributed by atoms with Crippen molar-refractivity contribution >= 4 is 23.0 Å². The lowest BCUT2D eigenvalue weighted by molar-refractivity contribution is 0.464. The summed E-state index contributed by atoms with van der Waals surface area (Å²) in [4.78, 5) is 4.46. The fraction of sp³-hybridized carbons (Fsp3) is 0.353. The van der Waals surface area contributed by atoms with E-state index in [9.17, 15) is 0 Å². The summed E-state index contributed by atoms with van der Waals surface area (Å²) in [5.74, 6) is 1.83. The van der Waals surface area contributed by atoms with Crippen LogP contribution in [0, 0.1) is 13.8 Å². The Kier molecular flexibility index (Phi) is 5.90. The largest absolute Gasteiger partial charge is 0.437 e. The molecule has 2 rings (SSSR count). The molecule has 4 nitrogen and oxygen atoms in total. The molecule has 0 atom stereocenters. The second-order valence-electron chi connectivity index (χ2n) is 5.15. The highest BCUT2D eigenvalue weighted by atomic mass is 35.5. The molecule has 22 heavy (non-hydrogen) atoms. The summed E-state index contributed by atoms with van der Waals surface area (Å²) < 4.78 is 5.82. The monoisotopic (exact) mass is 319 g/mol. The van der Waals surface area contributed by atoms with Gasteiger partial charge < -0.3 is 15.8 Å². The zero-order valence-electron chi connectivity index (χ0n) is 13.0. The summed E-state index contributed by atoms with van der Waals surface area (Å²) in [5.41, 5.74) is 9.62. The lowest BCUT2D eigenvalue weighted by Gasteiger charge is -2.17. The van der Waals surface area contributed by atoms with Gasteiger partial charge in [-0.05, 0) is 44.4 Å². The lowest BCUT2D eigenvalue weighted by Crippen LogP contribution is -2.09. The van der Waals surface area contributed by atoms with E-state index >= 15 is 0 Å². The Morgan fingerprint density at radius 2 is 1.91 bits per heavy atom. The second kappa shape index (κ2) is 7.90. The number of unbranched alkanes of at least 4 members (excludes halogenated alkanes) is 1. The first-order valence-electron chi connectivity index (χ1n) is 7.43. The maximum Gasteiger partial charge on any atom is 0.245 e. The number of aromatic nitrogens is 1. The summed E-state index contributed by atoms with van der Waals surface area (Å²) in [7, 11) is 0. The van der Waals surface area contributed by atoms with Crippen molar-refractivity contribution in [2.75, 3.05) is 23.5 Å². The summed E-state index contributed by atoms with van der Waals surface area (Å²) in [5, 5.41) is 3.38. The molecule has 0 aliphatic carbocycles. The van der Waals surface area contributed by atoms with Crippen molar-refractivity contribution in [2.45, 2.75) is 26.7 Å². The molecule has 118 valence electrons. The number of anilines is 2. The van der Waals surface area contributed by atoms with Crippen LogP contribution in [0.2, 0.25) is 0 Å². The first-order valence-corrected chi connectivity index (χ1v) is 7.96. The number of nitrogen functional groups attached to an aromatic ring is 1. The molecule has 3 N–H and O–H groups in total. The van der Waals surface area contributed by atoms with Gasteiger partial charge in [-0.2, -0.15) is 0 Å². The predicted octanol–water partition coefficient (Wildman–Crippen LogP) is 4.50. The number of halogens is 1. The number of para-hydroxylation sites is 1. The van der Waals surface area contributed by atoms with E-state index in [-0.39, 0.29) is 0 Å². The standard InChI is InChI=1S/C17H22ClN3O/c1-12-13(2)21-17(22-14-8-4-3-5-9-14)15(19)16(12)20-11-7-6-10-18/h3-5,8-9H,6-7,10-11,19H2,1-2H3,(H,20,21). The molecule has 1 aromatic heterocycles. The summed E-state index contributed by atoms with van der Waals surface area (Å²) in [6.45, 7) is 4.79. The minimum absolute atomic E-state index is 0.439. The number of nitrogens with one attached hydrogen (secondary N) is 1. The molecule has 0 amide bonds. The molecule has 1 heterocycles. The number of pyridine rings is 1. The number of nitrogens with two attached hydrogens (primary N) is 1. The molecule has 0 aliphatic heterocycles. The maximum absolute atomic E-state index is 6.24. The number of rotatable bonds is 7. The molecule has 0 spiro atoms. The number of hydrogen-bond acceptors (Lipinski definition) is 4. The first kappa shape index (κ1) is 16.4. The quantitative estimate of drug-likeness (QED) is 0.582. The van der Waals surface area contributed by atoms with Crippen LogP contribution in [0.3, 0.4) is 0 Å². The normalized spacial score (nSPS) is 10.5. The molecule has 1 aromatic carbocycles. The van der Waals surface area contributed by atoms with Crippen LogP contribution < -0.4 is 15.8 Å². The molecule has 0 saturated carbocycles. The molecule has 2 aromatic rings. The Balaban J connectivity index is 2.22. The van der Waals surface area contributed by atoms with Gasteiger partial charge in [-0.3, -0.25) is 0 Å². The minimum Gasteiger partial charge on any atom is -0.437 e. The highest BCUT2D eigenvalue weighted by molar-refractivity contribution is 6.17. The summed E-state index contributed by atoms with van der Waals surface area (Å²) in [6, 6.07) is 9.53. The fourth-order valence-electron chi connectivity index (χ4n) is 2.12. The number of aryl methyl sites for hydroxylation is 1. The molecule has 0 unspecified atom stereocenters. The van der Waals surface area contributed by atoms with E-state index in [2.05, 4.69) is 10.3 Å². The number of hydrogen-bond donors (Lipinski definition) is 2. The van der Waals surface area contributed by atoms with Gasteiger partial charge >= 0.3 is 0 Å². The number of benzene rings is 1. The van der Waals surface area contributed by atoms with Gasteiger partial charge in [0, 0.05) is 18.1 Å². The van der Waals surface area contributed by atoms with Gasteiger partial charge in [0.15, 0.2) is 0 Å². The molecule has 0 bridgehead atoms. The van der Waals surface area contributed by atoms with Crippen LogP contribution in [0.4, 0.5) is 11.4 Å². The fourth-order valence-corrected chi connectivity index (χ4v) is 2.31. The van der Waals surface area contributed by atoms with Crippen LogP contribution in [0.5, 0.6) is 11.6 Å². The molecular formula is C17H22ClN3O. The molecule has 0 aliphatic rings. The lowest BCUT2D eigenvalue weighted by atomic mass is 10.1. The van der Waals surface area contributed by atoms with Crippen LogP contribution >= 0.6 is 11.6 Å². The van der Waals surface area contributed by atoms with Crippen molar-refractivity contribution in [3.63, 3.8) is 0 Å². The average molecular weight is 320 g/mol. The van der Waals surface area contributed by atoms with E-state index in [0.29, 0.717) is 17.4 Å². The molecule has 5 heteroatoms. The Hall–Kier alpha value is -1.94. The van der Waals surface area contributed by atoms with Gasteiger partial charge in [0.1, 0.15) is 11.4 Å². The van der Waals surface area contributed by atoms with Crippen molar-refractivity contribution in [2.24, 2.45) is 0 Å². The Bertz CT molecular complexity index is 617. The van der Waals surface area contributed by atoms with Gasteiger partial charge in [-0.15, -0.1) is 11.6 Å². The average Bonchev–Trinajstić information content (AvgIpc) is 2.53. The van der Waals surface area contributed by atoms with Crippen LogP contribution in [0.25, 0.3) is 0 Å². The molecule has 0 radical (unpaired) electrons. The van der Waals surface area contributed by atoms with Crippen molar-refractivity contribution in [3.05, 3.63) is 41.6 Å². The highest BCUT2D eigenvalue weighted by Crippen LogP contribution is 2.35. The number of alkyl halides is 1. The Morgan fingerprint density at radius 1 is 1.18 bits per heavy atom. The van der Waals surface area contributed by atoms with Crippen LogP contribution in [0.15, 0.2) is 30.3 Å². The SMILES string of the molecule is Cc1nc(Oc2ccccc2)c(N)c(NCCCCCl)c1C. The van der Waals surface area contributed by atoms with E-state index in [1.165, 1.54) is 0 Å². The third-order valence-electron chi connectivity index (χ3n) is 3.51. The maximum atomic E-state index is 6.24. The zero-order valence-corrected chi connectivity index (χ0v) is 13.8. The predicted molar refractivity (Wildman–Crippen MR) is 93.1 cm³/mol. The van der Waals surface area contributed by atoms with Gasteiger partial charge in [0.25, 0.3) is 0 Å². The van der Waals surface area contributed by atoms with Crippen molar-refractivity contribution in [1.82, 2.24) is 4.98 Å². The second-order valence-corrected chi connectivity index (χ2v) is 5.53.